The van der Waals surface area contributed by atoms with Crippen LogP contribution in [-0.2, 0) is 14.4 Å². The molecule has 0 aromatic heterocycles. The van der Waals surface area contributed by atoms with Crippen molar-refractivity contribution >= 4 is 17.7 Å². The van der Waals surface area contributed by atoms with Gasteiger partial charge < -0.3 is 5.32 Å². The van der Waals surface area contributed by atoms with Crippen molar-refractivity contribution in [1.29, 1.82) is 0 Å². The standard InChI is InChI=1S/C14H16N2O3/c1-4-5-10(17)15-9-7-6-8(2)11-12(9)14(19)16(3)13(11)18/h6-9,11-12H,1-3H3,(H,15,17)/t8-,9+,11-,12+/m0/s1. The number of hydrogen-bond donors (Lipinski definition) is 1. The number of hydrogen-bond acceptors (Lipinski definition) is 3. The molecule has 4 atom stereocenters. The van der Waals surface area contributed by atoms with E-state index >= 15 is 0 Å². The van der Waals surface area contributed by atoms with Crippen LogP contribution < -0.4 is 5.32 Å². The number of nitrogens with zero attached hydrogens (tertiary/aromatic N) is 1. The van der Waals surface area contributed by atoms with Gasteiger partial charge in [0.2, 0.25) is 11.8 Å². The van der Waals surface area contributed by atoms with E-state index in [0.29, 0.717) is 0 Å². The number of carbonyl (C=O) groups excluding carboxylic acids is 3. The van der Waals surface area contributed by atoms with E-state index < -0.39 is 17.9 Å². The zero-order chi connectivity index (χ0) is 14.2. The van der Waals surface area contributed by atoms with Gasteiger partial charge in [0, 0.05) is 7.05 Å². The maximum Gasteiger partial charge on any atom is 0.296 e. The predicted molar refractivity (Wildman–Crippen MR) is 68.4 cm³/mol. The van der Waals surface area contributed by atoms with Crippen molar-refractivity contribution in [3.05, 3.63) is 12.2 Å². The summed E-state index contributed by atoms with van der Waals surface area (Å²) in [6.45, 7) is 3.47. The van der Waals surface area contributed by atoms with Gasteiger partial charge >= 0.3 is 0 Å². The van der Waals surface area contributed by atoms with Crippen molar-refractivity contribution in [3.8, 4) is 11.8 Å². The maximum atomic E-state index is 12.1. The number of fused-ring (bicyclic) bond motifs is 1. The minimum absolute atomic E-state index is 0.00295. The average Bonchev–Trinajstić information content (AvgIpc) is 2.59. The number of rotatable bonds is 1. The number of imide groups is 1. The Morgan fingerprint density at radius 3 is 2.53 bits per heavy atom. The second kappa shape index (κ2) is 4.88. The molecule has 0 saturated carbocycles. The highest BCUT2D eigenvalue weighted by Gasteiger charge is 2.52. The van der Waals surface area contributed by atoms with Gasteiger partial charge in [-0.15, -0.1) is 0 Å². The molecule has 1 heterocycles. The maximum absolute atomic E-state index is 12.1. The molecule has 0 bridgehead atoms. The monoisotopic (exact) mass is 260 g/mol. The molecule has 100 valence electrons. The van der Waals surface area contributed by atoms with E-state index in [0.717, 1.165) is 4.90 Å². The van der Waals surface area contributed by atoms with Crippen molar-refractivity contribution in [2.24, 2.45) is 17.8 Å². The summed E-state index contributed by atoms with van der Waals surface area (Å²) in [4.78, 5) is 36.9. The first-order chi connectivity index (χ1) is 8.97. The fraction of sp³-hybridized carbons (Fsp3) is 0.500. The zero-order valence-electron chi connectivity index (χ0n) is 11.1. The smallest absolute Gasteiger partial charge is 0.296 e. The molecule has 5 nitrogen and oxygen atoms in total. The molecule has 5 heteroatoms. The van der Waals surface area contributed by atoms with E-state index in [1.165, 1.54) is 7.05 Å². The van der Waals surface area contributed by atoms with Crippen LogP contribution in [0.15, 0.2) is 12.2 Å². The third kappa shape index (κ3) is 2.14. The number of nitrogens with one attached hydrogen (secondary N) is 1. The van der Waals surface area contributed by atoms with E-state index in [4.69, 9.17) is 0 Å². The van der Waals surface area contributed by atoms with Gasteiger partial charge in [0.25, 0.3) is 5.91 Å². The van der Waals surface area contributed by atoms with Gasteiger partial charge in [0.1, 0.15) is 0 Å². The summed E-state index contributed by atoms with van der Waals surface area (Å²) < 4.78 is 0. The fourth-order valence-electron chi connectivity index (χ4n) is 2.77. The minimum atomic E-state index is -0.514. The molecule has 1 aliphatic heterocycles. The Balaban J connectivity index is 2.28. The van der Waals surface area contributed by atoms with Crippen molar-refractivity contribution in [3.63, 3.8) is 0 Å². The lowest BCUT2D eigenvalue weighted by Gasteiger charge is -2.30. The topological polar surface area (TPSA) is 66.5 Å². The Morgan fingerprint density at radius 1 is 1.26 bits per heavy atom. The van der Waals surface area contributed by atoms with Crippen LogP contribution in [0.25, 0.3) is 0 Å². The first-order valence-electron chi connectivity index (χ1n) is 6.20. The lowest BCUT2D eigenvalue weighted by molar-refractivity contribution is -0.138. The van der Waals surface area contributed by atoms with Crippen molar-refractivity contribution in [2.75, 3.05) is 7.05 Å². The van der Waals surface area contributed by atoms with E-state index in [9.17, 15) is 14.4 Å². The van der Waals surface area contributed by atoms with Gasteiger partial charge in [0.15, 0.2) is 0 Å². The largest absolute Gasteiger partial charge is 0.338 e. The average molecular weight is 260 g/mol. The quantitative estimate of drug-likeness (QED) is 0.408. The molecule has 0 spiro atoms. The second-order valence-electron chi connectivity index (χ2n) is 4.91. The highest BCUT2D eigenvalue weighted by atomic mass is 16.2. The molecule has 1 N–H and O–H groups in total. The SMILES string of the molecule is CC#CC(=O)N[C@@H]1C=C[C@H](C)[C@@H]2C(=O)N(C)C(=O)[C@@H]21. The third-order valence-electron chi connectivity index (χ3n) is 3.73. The fourth-order valence-corrected chi connectivity index (χ4v) is 2.77. The zero-order valence-corrected chi connectivity index (χ0v) is 11.1. The lowest BCUT2D eigenvalue weighted by Crippen LogP contribution is -2.46. The Labute approximate surface area is 112 Å². The van der Waals surface area contributed by atoms with Gasteiger partial charge in [-0.3, -0.25) is 19.3 Å². The van der Waals surface area contributed by atoms with Crippen molar-refractivity contribution < 1.29 is 14.4 Å². The molecule has 1 saturated heterocycles. The molecular weight excluding hydrogens is 244 g/mol. The Kier molecular flexibility index (Phi) is 3.43. The van der Waals surface area contributed by atoms with Gasteiger partial charge in [-0.1, -0.05) is 25.0 Å². The summed E-state index contributed by atoms with van der Waals surface area (Å²) in [5, 5.41) is 2.68. The van der Waals surface area contributed by atoms with Crippen LogP contribution in [0.1, 0.15) is 13.8 Å². The van der Waals surface area contributed by atoms with Gasteiger partial charge in [-0.05, 0) is 18.8 Å². The van der Waals surface area contributed by atoms with E-state index in [1.54, 1.807) is 13.0 Å². The van der Waals surface area contributed by atoms with E-state index in [1.807, 2.05) is 13.0 Å². The van der Waals surface area contributed by atoms with Gasteiger partial charge in [-0.2, -0.15) is 0 Å². The highest BCUT2D eigenvalue weighted by molar-refractivity contribution is 6.06. The van der Waals surface area contributed by atoms with Crippen LogP contribution in [0.2, 0.25) is 0 Å². The van der Waals surface area contributed by atoms with Crippen LogP contribution in [0.4, 0.5) is 0 Å². The summed E-state index contributed by atoms with van der Waals surface area (Å²) in [6.07, 6.45) is 3.65. The number of allylic oxidation sites excluding steroid dienone is 1. The normalized spacial score (nSPS) is 32.7. The Bertz CT molecular complexity index is 527. The molecule has 19 heavy (non-hydrogen) atoms. The molecule has 1 aliphatic carbocycles. The first kappa shape index (κ1) is 13.3. The first-order valence-corrected chi connectivity index (χ1v) is 6.20. The second-order valence-corrected chi connectivity index (χ2v) is 4.91. The highest BCUT2D eigenvalue weighted by Crippen LogP contribution is 2.37. The lowest BCUT2D eigenvalue weighted by atomic mass is 9.75. The summed E-state index contributed by atoms with van der Waals surface area (Å²) in [5.74, 6) is 3.14. The Morgan fingerprint density at radius 2 is 1.89 bits per heavy atom. The summed E-state index contributed by atoms with van der Waals surface area (Å²) in [6, 6.07) is -0.462. The molecular formula is C14H16N2O3. The van der Waals surface area contributed by atoms with Crippen molar-refractivity contribution in [2.45, 2.75) is 19.9 Å². The molecule has 0 unspecified atom stereocenters. The van der Waals surface area contributed by atoms with Gasteiger partial charge in [-0.25, -0.2) is 0 Å². The summed E-state index contributed by atoms with van der Waals surface area (Å²) in [5.41, 5.74) is 0. The molecule has 3 amide bonds. The van der Waals surface area contributed by atoms with Crippen molar-refractivity contribution in [1.82, 2.24) is 10.2 Å². The summed E-state index contributed by atoms with van der Waals surface area (Å²) in [7, 11) is 1.49. The Hall–Kier alpha value is -2.09. The van der Waals surface area contributed by atoms with Crippen LogP contribution in [-0.4, -0.2) is 35.7 Å². The third-order valence-corrected chi connectivity index (χ3v) is 3.73. The molecule has 0 aromatic carbocycles. The van der Waals surface area contributed by atoms with E-state index in [2.05, 4.69) is 17.2 Å². The molecule has 2 aliphatic rings. The van der Waals surface area contributed by atoms with Crippen LogP contribution in [0.5, 0.6) is 0 Å². The van der Waals surface area contributed by atoms with Gasteiger partial charge in [0.05, 0.1) is 17.9 Å². The predicted octanol–water partition coefficient (Wildman–Crippen LogP) is -0.0686. The van der Waals surface area contributed by atoms with E-state index in [-0.39, 0.29) is 23.7 Å². The molecule has 2 rings (SSSR count). The van der Waals surface area contributed by atoms with Crippen LogP contribution in [0.3, 0.4) is 0 Å². The molecule has 0 aromatic rings. The van der Waals surface area contributed by atoms with Crippen LogP contribution in [0, 0.1) is 29.6 Å². The number of carbonyl (C=O) groups is 3. The number of amides is 3. The minimum Gasteiger partial charge on any atom is -0.338 e. The molecule has 1 fully saturated rings. The molecule has 0 radical (unpaired) electrons. The number of likely N-dealkylation sites (tertiary alicyclic amines) is 1. The summed E-state index contributed by atoms with van der Waals surface area (Å²) >= 11 is 0. The van der Waals surface area contributed by atoms with Crippen LogP contribution >= 0.6 is 0 Å².